The number of hydrogen-bond acceptors (Lipinski definition) is 3. The molecule has 0 aromatic heterocycles. The third kappa shape index (κ3) is 5.29. The molecule has 2 rings (SSSR count). The molecule has 0 amide bonds. The van der Waals surface area contributed by atoms with Crippen molar-refractivity contribution in [3.05, 3.63) is 29.3 Å². The molecule has 1 fully saturated rings. The molecule has 1 saturated heterocycles. The van der Waals surface area contributed by atoms with Gasteiger partial charge in [0, 0.05) is 13.1 Å². The Morgan fingerprint density at radius 3 is 2.76 bits per heavy atom. The molecule has 1 aliphatic rings. The van der Waals surface area contributed by atoms with Crippen LogP contribution >= 0.6 is 12.2 Å². The van der Waals surface area contributed by atoms with Gasteiger partial charge in [0.15, 0.2) is 0 Å². The molecule has 3 nitrogen and oxygen atoms in total. The van der Waals surface area contributed by atoms with Crippen LogP contribution in [0, 0.1) is 13.8 Å². The van der Waals surface area contributed by atoms with Crippen LogP contribution in [-0.2, 0) is 0 Å². The Morgan fingerprint density at radius 2 is 2.00 bits per heavy atom. The predicted octanol–water partition coefficient (Wildman–Crippen LogP) is 3.09. The van der Waals surface area contributed by atoms with E-state index in [1.54, 1.807) is 0 Å². The number of nitrogens with one attached hydrogen (secondary N) is 1. The summed E-state index contributed by atoms with van der Waals surface area (Å²) in [7, 11) is 0. The first-order valence-corrected chi connectivity index (χ1v) is 8.25. The second kappa shape index (κ2) is 8.35. The maximum absolute atomic E-state index is 5.80. The Labute approximate surface area is 133 Å². The Bertz CT molecular complexity index is 470. The minimum Gasteiger partial charge on any atom is -0.486 e. The summed E-state index contributed by atoms with van der Waals surface area (Å²) in [6.45, 7) is 9.08. The number of aryl methyl sites for hydroxylation is 1. The molecule has 0 bridgehead atoms. The summed E-state index contributed by atoms with van der Waals surface area (Å²) in [6, 6.07) is 6.11. The minimum absolute atomic E-state index is 0.458. The number of rotatable bonds is 6. The summed E-state index contributed by atoms with van der Waals surface area (Å²) >= 11 is 5.34. The number of hydrogen-bond donors (Lipinski definition) is 1. The fourth-order valence-electron chi connectivity index (χ4n) is 2.61. The zero-order valence-corrected chi connectivity index (χ0v) is 14.0. The Hall–Kier alpha value is -1.13. The molecule has 1 aliphatic heterocycles. The van der Waals surface area contributed by atoms with Gasteiger partial charge in [-0.1, -0.05) is 30.8 Å². The third-order valence-corrected chi connectivity index (χ3v) is 4.37. The largest absolute Gasteiger partial charge is 0.486 e. The minimum atomic E-state index is 0.458. The monoisotopic (exact) mass is 306 g/mol. The lowest BCUT2D eigenvalue weighted by molar-refractivity contribution is 0.232. The number of nitrogens with zero attached hydrogens (tertiary/aromatic N) is 1. The van der Waals surface area contributed by atoms with Gasteiger partial charge < -0.3 is 15.0 Å². The van der Waals surface area contributed by atoms with Crippen molar-refractivity contribution < 1.29 is 4.74 Å². The maximum atomic E-state index is 5.80. The van der Waals surface area contributed by atoms with Gasteiger partial charge in [-0.25, -0.2) is 0 Å². The summed E-state index contributed by atoms with van der Waals surface area (Å²) in [5, 5.41) is 3.30. The summed E-state index contributed by atoms with van der Waals surface area (Å²) < 4.78 is 5.80. The van der Waals surface area contributed by atoms with Gasteiger partial charge >= 0.3 is 0 Å². The second-order valence-electron chi connectivity index (χ2n) is 5.74. The second-order valence-corrected chi connectivity index (χ2v) is 6.23. The number of benzene rings is 1. The Kier molecular flexibility index (Phi) is 6.46. The molecule has 0 spiro atoms. The lowest BCUT2D eigenvalue weighted by Gasteiger charge is -2.26. The first-order valence-electron chi connectivity index (χ1n) is 7.85. The van der Waals surface area contributed by atoms with E-state index in [0.29, 0.717) is 6.61 Å². The highest BCUT2D eigenvalue weighted by Crippen LogP contribution is 2.20. The molecule has 0 radical (unpaired) electrons. The van der Waals surface area contributed by atoms with Crippen molar-refractivity contribution in [1.29, 1.82) is 0 Å². The molecule has 4 heteroatoms. The summed E-state index contributed by atoms with van der Waals surface area (Å²) in [5.74, 6) is 0.926. The third-order valence-electron chi connectivity index (χ3n) is 4.11. The predicted molar refractivity (Wildman–Crippen MR) is 92.3 cm³/mol. The molecule has 0 aliphatic carbocycles. The van der Waals surface area contributed by atoms with Gasteiger partial charge in [0.1, 0.15) is 17.3 Å². The highest BCUT2D eigenvalue weighted by molar-refractivity contribution is 7.80. The van der Waals surface area contributed by atoms with Crippen molar-refractivity contribution in [1.82, 2.24) is 10.2 Å². The molecule has 1 N–H and O–H groups in total. The number of ether oxygens (including phenoxy) is 1. The zero-order chi connectivity index (χ0) is 15.1. The van der Waals surface area contributed by atoms with E-state index >= 15 is 0 Å². The van der Waals surface area contributed by atoms with Crippen LogP contribution in [0.15, 0.2) is 18.2 Å². The van der Waals surface area contributed by atoms with Crippen molar-refractivity contribution in [2.45, 2.75) is 33.1 Å². The van der Waals surface area contributed by atoms with E-state index in [1.165, 1.54) is 43.5 Å². The molecule has 21 heavy (non-hydrogen) atoms. The van der Waals surface area contributed by atoms with Crippen LogP contribution in [0.25, 0.3) is 0 Å². The van der Waals surface area contributed by atoms with E-state index in [-0.39, 0.29) is 0 Å². The first kappa shape index (κ1) is 16.2. The van der Waals surface area contributed by atoms with Crippen LogP contribution in [0.3, 0.4) is 0 Å². The van der Waals surface area contributed by atoms with E-state index in [0.717, 1.165) is 23.8 Å². The smallest absolute Gasteiger partial charge is 0.138 e. The molecule has 1 heterocycles. The van der Waals surface area contributed by atoms with E-state index in [4.69, 9.17) is 17.0 Å². The molecule has 1 aromatic rings. The number of thiocarbonyl (C=S) groups is 1. The molecule has 0 saturated carbocycles. The van der Waals surface area contributed by atoms with E-state index in [1.807, 2.05) is 12.1 Å². The molecular weight excluding hydrogens is 280 g/mol. The highest BCUT2D eigenvalue weighted by atomic mass is 32.1. The first-order chi connectivity index (χ1) is 10.2. The average Bonchev–Trinajstić information content (AvgIpc) is 2.50. The van der Waals surface area contributed by atoms with E-state index in [9.17, 15) is 0 Å². The SMILES string of the molecule is Cc1cccc(OCC(=S)NCCN2CCCCC2)c1C. The fourth-order valence-corrected chi connectivity index (χ4v) is 2.77. The van der Waals surface area contributed by atoms with Crippen molar-refractivity contribution in [3.63, 3.8) is 0 Å². The van der Waals surface area contributed by atoms with E-state index in [2.05, 4.69) is 30.1 Å². The van der Waals surface area contributed by atoms with E-state index < -0.39 is 0 Å². The van der Waals surface area contributed by atoms with Gasteiger partial charge in [0.25, 0.3) is 0 Å². The topological polar surface area (TPSA) is 24.5 Å². The van der Waals surface area contributed by atoms with Crippen LogP contribution in [0.5, 0.6) is 5.75 Å². The molecular formula is C17H26N2OS. The van der Waals surface area contributed by atoms with Crippen LogP contribution in [0.1, 0.15) is 30.4 Å². The van der Waals surface area contributed by atoms with Gasteiger partial charge in [0.2, 0.25) is 0 Å². The standard InChI is InChI=1S/C17H26N2OS/c1-14-7-6-8-16(15(14)2)20-13-17(21)18-9-12-19-10-4-3-5-11-19/h6-8H,3-5,9-13H2,1-2H3,(H,18,21). The number of piperidine rings is 1. The lowest BCUT2D eigenvalue weighted by Crippen LogP contribution is -2.38. The summed E-state index contributed by atoms with van der Waals surface area (Å²) in [6.07, 6.45) is 4.05. The maximum Gasteiger partial charge on any atom is 0.138 e. The normalized spacial score (nSPS) is 15.7. The van der Waals surface area contributed by atoms with Gasteiger partial charge in [-0.15, -0.1) is 0 Å². The van der Waals surface area contributed by atoms with Crippen molar-refractivity contribution in [2.24, 2.45) is 0 Å². The summed E-state index contributed by atoms with van der Waals surface area (Å²) in [5.41, 5.74) is 2.44. The van der Waals surface area contributed by atoms with Crippen molar-refractivity contribution >= 4 is 17.2 Å². The quantitative estimate of drug-likeness (QED) is 0.816. The van der Waals surface area contributed by atoms with Crippen molar-refractivity contribution in [2.75, 3.05) is 32.8 Å². The van der Waals surface area contributed by atoms with Crippen LogP contribution in [0.4, 0.5) is 0 Å². The van der Waals surface area contributed by atoms with Gasteiger partial charge in [0.05, 0.1) is 0 Å². The lowest BCUT2D eigenvalue weighted by atomic mass is 10.1. The van der Waals surface area contributed by atoms with Crippen LogP contribution in [-0.4, -0.2) is 42.7 Å². The van der Waals surface area contributed by atoms with Crippen LogP contribution < -0.4 is 10.1 Å². The molecule has 116 valence electrons. The van der Waals surface area contributed by atoms with Crippen LogP contribution in [0.2, 0.25) is 0 Å². The van der Waals surface area contributed by atoms with Gasteiger partial charge in [-0.2, -0.15) is 0 Å². The Balaban J connectivity index is 1.66. The number of likely N-dealkylation sites (tertiary alicyclic amines) is 1. The summed E-state index contributed by atoms with van der Waals surface area (Å²) in [4.78, 5) is 3.29. The Morgan fingerprint density at radius 1 is 1.24 bits per heavy atom. The average molecular weight is 306 g/mol. The van der Waals surface area contributed by atoms with Crippen molar-refractivity contribution in [3.8, 4) is 5.75 Å². The van der Waals surface area contributed by atoms with Gasteiger partial charge in [-0.3, -0.25) is 0 Å². The molecule has 1 aromatic carbocycles. The highest BCUT2D eigenvalue weighted by Gasteiger charge is 2.09. The van der Waals surface area contributed by atoms with Gasteiger partial charge in [-0.05, 0) is 57.0 Å². The zero-order valence-electron chi connectivity index (χ0n) is 13.2. The molecule has 0 unspecified atom stereocenters. The fraction of sp³-hybridized carbons (Fsp3) is 0.588. The molecule has 0 atom stereocenters.